The second kappa shape index (κ2) is 6.25. The number of aliphatic carboxylic acids is 1. The first kappa shape index (κ1) is 15.9. The summed E-state index contributed by atoms with van der Waals surface area (Å²) in [5.74, 6) is -1.11. The SMILES string of the molecule is O=C(O)[C@@H]1CN(Cc2ccc([N+](=O)[O-])cc2)CC12CCOCC2. The van der Waals surface area contributed by atoms with E-state index in [0.717, 1.165) is 24.9 Å². The molecular formula is C16H20N2O5. The summed E-state index contributed by atoms with van der Waals surface area (Å²) in [4.78, 5) is 24.1. The van der Waals surface area contributed by atoms with Crippen LogP contribution in [0.1, 0.15) is 18.4 Å². The second-order valence-electron chi connectivity index (χ2n) is 6.46. The van der Waals surface area contributed by atoms with E-state index < -0.39 is 10.9 Å². The van der Waals surface area contributed by atoms with Gasteiger partial charge in [0.15, 0.2) is 0 Å². The molecule has 1 N–H and O–H groups in total. The number of rotatable bonds is 4. The van der Waals surface area contributed by atoms with Crippen LogP contribution >= 0.6 is 0 Å². The molecule has 7 heteroatoms. The van der Waals surface area contributed by atoms with Gasteiger partial charge in [0.25, 0.3) is 5.69 Å². The highest BCUT2D eigenvalue weighted by Crippen LogP contribution is 2.44. The quantitative estimate of drug-likeness (QED) is 0.673. The molecule has 0 aromatic heterocycles. The molecule has 0 bridgehead atoms. The molecule has 23 heavy (non-hydrogen) atoms. The zero-order valence-electron chi connectivity index (χ0n) is 12.8. The van der Waals surface area contributed by atoms with Gasteiger partial charge in [-0.3, -0.25) is 19.8 Å². The minimum Gasteiger partial charge on any atom is -0.481 e. The summed E-state index contributed by atoms with van der Waals surface area (Å²) in [5, 5.41) is 20.3. The maximum absolute atomic E-state index is 11.7. The monoisotopic (exact) mass is 320 g/mol. The molecule has 7 nitrogen and oxygen atoms in total. The second-order valence-corrected chi connectivity index (χ2v) is 6.46. The number of hydrogen-bond acceptors (Lipinski definition) is 5. The number of hydrogen-bond donors (Lipinski definition) is 1. The van der Waals surface area contributed by atoms with Crippen molar-refractivity contribution in [1.29, 1.82) is 0 Å². The predicted molar refractivity (Wildman–Crippen MR) is 82.0 cm³/mol. The smallest absolute Gasteiger partial charge is 0.308 e. The van der Waals surface area contributed by atoms with Crippen molar-refractivity contribution in [2.45, 2.75) is 19.4 Å². The van der Waals surface area contributed by atoms with Crippen LogP contribution in [0.5, 0.6) is 0 Å². The highest BCUT2D eigenvalue weighted by Gasteiger charge is 2.50. The van der Waals surface area contributed by atoms with Crippen LogP contribution in [0, 0.1) is 21.4 Å². The number of likely N-dealkylation sites (tertiary alicyclic amines) is 1. The van der Waals surface area contributed by atoms with Gasteiger partial charge in [0, 0.05) is 50.4 Å². The maximum Gasteiger partial charge on any atom is 0.308 e. The van der Waals surface area contributed by atoms with Crippen LogP contribution in [0.15, 0.2) is 24.3 Å². The lowest BCUT2D eigenvalue weighted by Crippen LogP contribution is -2.40. The maximum atomic E-state index is 11.7. The average molecular weight is 320 g/mol. The number of carboxylic acids is 1. The van der Waals surface area contributed by atoms with Gasteiger partial charge in [-0.25, -0.2) is 0 Å². The number of non-ortho nitro benzene ring substituents is 1. The van der Waals surface area contributed by atoms with Crippen LogP contribution in [0.25, 0.3) is 0 Å². The molecule has 2 saturated heterocycles. The highest BCUT2D eigenvalue weighted by molar-refractivity contribution is 5.72. The van der Waals surface area contributed by atoms with E-state index in [0.29, 0.717) is 26.3 Å². The summed E-state index contributed by atoms with van der Waals surface area (Å²) in [5.41, 5.74) is 0.827. The van der Waals surface area contributed by atoms with Crippen LogP contribution in [-0.2, 0) is 16.1 Å². The predicted octanol–water partition coefficient (Wildman–Crippen LogP) is 1.91. The van der Waals surface area contributed by atoms with E-state index in [4.69, 9.17) is 4.74 Å². The Hall–Kier alpha value is -1.99. The van der Waals surface area contributed by atoms with E-state index in [9.17, 15) is 20.0 Å². The first-order valence-electron chi connectivity index (χ1n) is 7.76. The molecule has 1 aromatic carbocycles. The first-order chi connectivity index (χ1) is 11.0. The molecule has 2 fully saturated rings. The van der Waals surface area contributed by atoms with Gasteiger partial charge < -0.3 is 9.84 Å². The summed E-state index contributed by atoms with van der Waals surface area (Å²) in [6.45, 7) is 3.12. The van der Waals surface area contributed by atoms with Gasteiger partial charge in [-0.05, 0) is 18.4 Å². The molecule has 2 aliphatic rings. The number of nitro benzene ring substituents is 1. The minimum atomic E-state index is -0.738. The molecule has 0 unspecified atom stereocenters. The summed E-state index contributed by atoms with van der Waals surface area (Å²) >= 11 is 0. The fourth-order valence-electron chi connectivity index (χ4n) is 3.80. The van der Waals surface area contributed by atoms with Crippen LogP contribution in [-0.4, -0.2) is 47.2 Å². The van der Waals surface area contributed by atoms with Gasteiger partial charge in [-0.1, -0.05) is 12.1 Å². The fourth-order valence-corrected chi connectivity index (χ4v) is 3.80. The van der Waals surface area contributed by atoms with Crippen LogP contribution in [0.4, 0.5) is 5.69 Å². The van der Waals surface area contributed by atoms with Crippen molar-refractivity contribution in [3.8, 4) is 0 Å². The molecule has 0 aliphatic carbocycles. The summed E-state index contributed by atoms with van der Waals surface area (Å²) < 4.78 is 5.40. The van der Waals surface area contributed by atoms with Crippen molar-refractivity contribution in [2.24, 2.45) is 11.3 Å². The van der Waals surface area contributed by atoms with Gasteiger partial charge in [0.2, 0.25) is 0 Å². The normalized spacial score (nSPS) is 23.9. The van der Waals surface area contributed by atoms with E-state index in [-0.39, 0.29) is 17.0 Å². The molecule has 0 amide bonds. The standard InChI is InChI=1S/C16H20N2O5/c19-15(20)14-10-17(11-16(14)5-7-23-8-6-16)9-12-1-3-13(4-2-12)18(21)22/h1-4,14H,5-11H2,(H,19,20)/t14-/m0/s1. The number of carboxylic acid groups (broad SMARTS) is 1. The van der Waals surface area contributed by atoms with E-state index in [2.05, 4.69) is 4.90 Å². The van der Waals surface area contributed by atoms with Crippen molar-refractivity contribution in [3.63, 3.8) is 0 Å². The average Bonchev–Trinajstić information content (AvgIpc) is 2.86. The van der Waals surface area contributed by atoms with Gasteiger partial charge in [0.1, 0.15) is 0 Å². The molecule has 0 saturated carbocycles. The number of carbonyl (C=O) groups is 1. The van der Waals surface area contributed by atoms with Crippen LogP contribution in [0.3, 0.4) is 0 Å². The van der Waals surface area contributed by atoms with Crippen molar-refractivity contribution in [2.75, 3.05) is 26.3 Å². The molecule has 124 valence electrons. The molecule has 3 rings (SSSR count). The van der Waals surface area contributed by atoms with E-state index >= 15 is 0 Å². The Labute approximate surface area is 134 Å². The Bertz CT molecular complexity index is 595. The van der Waals surface area contributed by atoms with Gasteiger partial charge >= 0.3 is 5.97 Å². The highest BCUT2D eigenvalue weighted by atomic mass is 16.6. The third-order valence-corrected chi connectivity index (χ3v) is 5.06. The van der Waals surface area contributed by atoms with E-state index in [1.807, 2.05) is 0 Å². The number of ether oxygens (including phenoxy) is 1. The minimum absolute atomic E-state index is 0.0690. The van der Waals surface area contributed by atoms with Crippen molar-refractivity contribution >= 4 is 11.7 Å². The molecule has 0 radical (unpaired) electrons. The number of benzene rings is 1. The zero-order chi connectivity index (χ0) is 16.4. The Morgan fingerprint density at radius 3 is 2.57 bits per heavy atom. The van der Waals surface area contributed by atoms with Crippen LogP contribution < -0.4 is 0 Å². The third kappa shape index (κ3) is 3.20. The van der Waals surface area contributed by atoms with Crippen LogP contribution in [0.2, 0.25) is 0 Å². The van der Waals surface area contributed by atoms with Crippen molar-refractivity contribution in [3.05, 3.63) is 39.9 Å². The zero-order valence-corrected chi connectivity index (χ0v) is 12.8. The van der Waals surface area contributed by atoms with Gasteiger partial charge in [-0.15, -0.1) is 0 Å². The lowest BCUT2D eigenvalue weighted by Gasteiger charge is -2.36. The van der Waals surface area contributed by atoms with Crippen molar-refractivity contribution in [1.82, 2.24) is 4.90 Å². The molecular weight excluding hydrogens is 300 g/mol. The number of nitrogens with zero attached hydrogens (tertiary/aromatic N) is 2. The Balaban J connectivity index is 1.71. The summed E-state index contributed by atoms with van der Waals surface area (Å²) in [7, 11) is 0. The summed E-state index contributed by atoms with van der Waals surface area (Å²) in [6, 6.07) is 6.46. The van der Waals surface area contributed by atoms with Gasteiger partial charge in [-0.2, -0.15) is 0 Å². The Kier molecular flexibility index (Phi) is 4.32. The van der Waals surface area contributed by atoms with Crippen molar-refractivity contribution < 1.29 is 19.6 Å². The number of nitro groups is 1. The topological polar surface area (TPSA) is 92.9 Å². The third-order valence-electron chi connectivity index (χ3n) is 5.06. The lowest BCUT2D eigenvalue weighted by molar-refractivity contribution is -0.384. The van der Waals surface area contributed by atoms with E-state index in [1.54, 1.807) is 12.1 Å². The molecule has 1 spiro atoms. The fraction of sp³-hybridized carbons (Fsp3) is 0.562. The van der Waals surface area contributed by atoms with Gasteiger partial charge in [0.05, 0.1) is 10.8 Å². The molecule has 1 aromatic rings. The van der Waals surface area contributed by atoms with E-state index in [1.165, 1.54) is 12.1 Å². The lowest BCUT2D eigenvalue weighted by atomic mass is 9.72. The molecule has 1 atom stereocenters. The Morgan fingerprint density at radius 2 is 2.00 bits per heavy atom. The largest absolute Gasteiger partial charge is 0.481 e. The summed E-state index contributed by atoms with van der Waals surface area (Å²) in [6.07, 6.45) is 1.56. The first-order valence-corrected chi connectivity index (χ1v) is 7.76. The Morgan fingerprint density at radius 1 is 1.35 bits per heavy atom. The molecule has 2 heterocycles. The molecule has 2 aliphatic heterocycles.